The lowest BCUT2D eigenvalue weighted by molar-refractivity contribution is 0.0341. The van der Waals surface area contributed by atoms with E-state index in [1.807, 2.05) is 58.8 Å². The molecule has 162 valence electrons. The monoisotopic (exact) mass is 436 g/mol. The Morgan fingerprint density at radius 1 is 1.06 bits per heavy atom. The normalized spacial score (nSPS) is 14.4. The quantitative estimate of drug-likeness (QED) is 0.524. The van der Waals surface area contributed by atoms with Crippen LogP contribution >= 0.6 is 11.3 Å². The van der Waals surface area contributed by atoms with E-state index in [2.05, 4.69) is 17.0 Å². The molecule has 1 amide bonds. The Labute approximate surface area is 187 Å². The number of para-hydroxylation sites is 1. The zero-order valence-electron chi connectivity index (χ0n) is 17.8. The first-order chi connectivity index (χ1) is 15.2. The second-order valence-electron chi connectivity index (χ2n) is 7.64. The highest BCUT2D eigenvalue weighted by Crippen LogP contribution is 2.23. The molecular formula is C25H28N2O3S. The fourth-order valence-corrected chi connectivity index (χ4v) is 4.55. The maximum absolute atomic E-state index is 13.6. The molecule has 0 unspecified atom stereocenters. The van der Waals surface area contributed by atoms with E-state index in [0.717, 1.165) is 60.2 Å². The SMILES string of the molecule is COc1ccccc1CN(Cc1cccs1)C(=O)c1cccc(CN2CCOCC2)c1. The van der Waals surface area contributed by atoms with E-state index in [1.165, 1.54) is 0 Å². The Morgan fingerprint density at radius 2 is 1.90 bits per heavy atom. The van der Waals surface area contributed by atoms with Crippen LogP contribution in [0.1, 0.15) is 26.4 Å². The summed E-state index contributed by atoms with van der Waals surface area (Å²) in [6.07, 6.45) is 0. The standard InChI is InChI=1S/C25H28N2O3S/c1-29-24-10-3-2-7-22(24)18-27(19-23-9-5-15-31-23)25(28)21-8-4-6-20(16-21)17-26-11-13-30-14-12-26/h2-10,15-16H,11-14,17-19H2,1H3. The molecule has 1 aliphatic rings. The molecule has 2 heterocycles. The van der Waals surface area contributed by atoms with Gasteiger partial charge in [-0.3, -0.25) is 9.69 Å². The molecule has 2 aromatic carbocycles. The average molecular weight is 437 g/mol. The van der Waals surface area contributed by atoms with Gasteiger partial charge in [0.15, 0.2) is 0 Å². The van der Waals surface area contributed by atoms with Crippen LogP contribution in [0.5, 0.6) is 5.75 Å². The van der Waals surface area contributed by atoms with Gasteiger partial charge in [0, 0.05) is 35.6 Å². The van der Waals surface area contributed by atoms with Crippen molar-refractivity contribution in [2.24, 2.45) is 0 Å². The van der Waals surface area contributed by atoms with Gasteiger partial charge in [-0.1, -0.05) is 36.4 Å². The highest BCUT2D eigenvalue weighted by molar-refractivity contribution is 7.09. The highest BCUT2D eigenvalue weighted by atomic mass is 32.1. The van der Waals surface area contributed by atoms with Crippen molar-refractivity contribution in [2.75, 3.05) is 33.4 Å². The maximum Gasteiger partial charge on any atom is 0.254 e. The largest absolute Gasteiger partial charge is 0.496 e. The molecule has 0 N–H and O–H groups in total. The topological polar surface area (TPSA) is 42.0 Å². The first-order valence-electron chi connectivity index (χ1n) is 10.6. The van der Waals surface area contributed by atoms with E-state index >= 15 is 0 Å². The van der Waals surface area contributed by atoms with Gasteiger partial charge in [-0.2, -0.15) is 0 Å². The molecule has 0 saturated carbocycles. The second-order valence-corrected chi connectivity index (χ2v) is 8.67. The minimum absolute atomic E-state index is 0.0307. The van der Waals surface area contributed by atoms with Gasteiger partial charge in [-0.25, -0.2) is 0 Å². The number of hydrogen-bond acceptors (Lipinski definition) is 5. The molecule has 6 heteroatoms. The number of amides is 1. The van der Waals surface area contributed by atoms with Crippen molar-refractivity contribution >= 4 is 17.2 Å². The van der Waals surface area contributed by atoms with Crippen molar-refractivity contribution in [1.82, 2.24) is 9.80 Å². The van der Waals surface area contributed by atoms with Gasteiger partial charge < -0.3 is 14.4 Å². The van der Waals surface area contributed by atoms with E-state index < -0.39 is 0 Å². The molecule has 1 aliphatic heterocycles. The number of nitrogens with zero attached hydrogens (tertiary/aromatic N) is 2. The molecule has 0 spiro atoms. The summed E-state index contributed by atoms with van der Waals surface area (Å²) in [5, 5.41) is 2.05. The van der Waals surface area contributed by atoms with Crippen LogP contribution in [0.2, 0.25) is 0 Å². The van der Waals surface area contributed by atoms with Crippen molar-refractivity contribution in [3.8, 4) is 5.75 Å². The molecule has 0 radical (unpaired) electrons. The van der Waals surface area contributed by atoms with Crippen molar-refractivity contribution < 1.29 is 14.3 Å². The van der Waals surface area contributed by atoms with E-state index in [-0.39, 0.29) is 5.91 Å². The van der Waals surface area contributed by atoms with Gasteiger partial charge in [-0.15, -0.1) is 11.3 Å². The molecule has 0 bridgehead atoms. The van der Waals surface area contributed by atoms with Crippen LogP contribution in [0, 0.1) is 0 Å². The smallest absolute Gasteiger partial charge is 0.254 e. The number of carbonyl (C=O) groups is 1. The van der Waals surface area contributed by atoms with E-state index in [9.17, 15) is 4.79 Å². The first-order valence-corrected chi connectivity index (χ1v) is 11.4. The minimum atomic E-state index is 0.0307. The van der Waals surface area contributed by atoms with Crippen LogP contribution in [0.3, 0.4) is 0 Å². The van der Waals surface area contributed by atoms with Gasteiger partial charge >= 0.3 is 0 Å². The third-order valence-corrected chi connectivity index (χ3v) is 6.31. The van der Waals surface area contributed by atoms with E-state index in [1.54, 1.807) is 18.4 Å². The average Bonchev–Trinajstić information content (AvgIpc) is 3.32. The molecule has 1 saturated heterocycles. The molecule has 1 fully saturated rings. The summed E-state index contributed by atoms with van der Waals surface area (Å²) in [5.74, 6) is 0.829. The number of morpholine rings is 1. The van der Waals surface area contributed by atoms with Crippen LogP contribution in [0.25, 0.3) is 0 Å². The Kier molecular flexibility index (Phi) is 7.35. The van der Waals surface area contributed by atoms with Crippen molar-refractivity contribution in [3.05, 3.63) is 87.6 Å². The zero-order valence-corrected chi connectivity index (χ0v) is 18.6. The Balaban J connectivity index is 1.55. The van der Waals surface area contributed by atoms with Crippen LogP contribution in [0.4, 0.5) is 0 Å². The third-order valence-electron chi connectivity index (χ3n) is 5.45. The first kappa shape index (κ1) is 21.6. The lowest BCUT2D eigenvalue weighted by Crippen LogP contribution is -2.35. The lowest BCUT2D eigenvalue weighted by Gasteiger charge is -2.27. The summed E-state index contributed by atoms with van der Waals surface area (Å²) in [7, 11) is 1.67. The molecule has 3 aromatic rings. The van der Waals surface area contributed by atoms with Crippen molar-refractivity contribution in [3.63, 3.8) is 0 Å². The van der Waals surface area contributed by atoms with Crippen LogP contribution in [-0.4, -0.2) is 49.1 Å². The summed E-state index contributed by atoms with van der Waals surface area (Å²) in [6, 6.07) is 20.0. The Hall–Kier alpha value is -2.67. The highest BCUT2D eigenvalue weighted by Gasteiger charge is 2.20. The molecule has 0 aliphatic carbocycles. The fourth-order valence-electron chi connectivity index (χ4n) is 3.83. The summed E-state index contributed by atoms with van der Waals surface area (Å²) in [6.45, 7) is 5.30. The van der Waals surface area contributed by atoms with Crippen molar-refractivity contribution in [2.45, 2.75) is 19.6 Å². The van der Waals surface area contributed by atoms with Crippen LogP contribution in [0.15, 0.2) is 66.0 Å². The molecule has 4 rings (SSSR count). The number of methoxy groups -OCH3 is 1. The summed E-state index contributed by atoms with van der Waals surface area (Å²) < 4.78 is 11.0. The Morgan fingerprint density at radius 3 is 2.68 bits per heavy atom. The van der Waals surface area contributed by atoms with Crippen LogP contribution in [-0.2, 0) is 24.4 Å². The lowest BCUT2D eigenvalue weighted by atomic mass is 10.1. The van der Waals surface area contributed by atoms with Gasteiger partial charge in [0.2, 0.25) is 0 Å². The van der Waals surface area contributed by atoms with Gasteiger partial charge in [0.25, 0.3) is 5.91 Å². The predicted octanol–water partition coefficient (Wildman–Crippen LogP) is 4.43. The molecule has 1 aromatic heterocycles. The van der Waals surface area contributed by atoms with Gasteiger partial charge in [-0.05, 0) is 35.2 Å². The molecule has 5 nitrogen and oxygen atoms in total. The number of hydrogen-bond donors (Lipinski definition) is 0. The van der Waals surface area contributed by atoms with Crippen LogP contribution < -0.4 is 4.74 Å². The number of benzene rings is 2. The van der Waals surface area contributed by atoms with Gasteiger partial charge in [0.05, 0.1) is 33.4 Å². The zero-order chi connectivity index (χ0) is 21.5. The predicted molar refractivity (Wildman–Crippen MR) is 123 cm³/mol. The maximum atomic E-state index is 13.6. The van der Waals surface area contributed by atoms with Gasteiger partial charge in [0.1, 0.15) is 5.75 Å². The summed E-state index contributed by atoms with van der Waals surface area (Å²) >= 11 is 1.67. The fraction of sp³-hybridized carbons (Fsp3) is 0.320. The molecule has 0 atom stereocenters. The number of carbonyl (C=O) groups excluding carboxylic acids is 1. The summed E-state index contributed by atoms with van der Waals surface area (Å²) in [5.41, 5.74) is 2.87. The van der Waals surface area contributed by atoms with E-state index in [4.69, 9.17) is 9.47 Å². The number of thiophene rings is 1. The molecule has 31 heavy (non-hydrogen) atoms. The number of rotatable bonds is 8. The third kappa shape index (κ3) is 5.73. The van der Waals surface area contributed by atoms with Crippen molar-refractivity contribution in [1.29, 1.82) is 0 Å². The number of ether oxygens (including phenoxy) is 2. The minimum Gasteiger partial charge on any atom is -0.496 e. The van der Waals surface area contributed by atoms with E-state index in [0.29, 0.717) is 13.1 Å². The summed E-state index contributed by atoms with van der Waals surface area (Å²) in [4.78, 5) is 19.0. The second kappa shape index (κ2) is 10.6. The Bertz CT molecular complexity index is 984. The molecular weight excluding hydrogens is 408 g/mol.